The summed E-state index contributed by atoms with van der Waals surface area (Å²) < 4.78 is 0. The average Bonchev–Trinajstić information content (AvgIpc) is 2.86. The van der Waals surface area contributed by atoms with Gasteiger partial charge in [0, 0.05) is 0 Å². The molecule has 1 heterocycles. The summed E-state index contributed by atoms with van der Waals surface area (Å²) in [7, 11) is 0. The van der Waals surface area contributed by atoms with Gasteiger partial charge in [0.2, 0.25) is 0 Å². The van der Waals surface area contributed by atoms with E-state index < -0.39 is 23.8 Å². The molecule has 0 aromatic heterocycles. The molecule has 1 aliphatic rings. The Morgan fingerprint density at radius 2 is 1.54 bits per heavy atom. The Bertz CT molecular complexity index is 795. The molecule has 3 rings (SSSR count). The Hall–Kier alpha value is -3.28. The minimum atomic E-state index is -0.953. The van der Waals surface area contributed by atoms with Crippen molar-refractivity contribution in [3.63, 3.8) is 0 Å². The monoisotopic (exact) mass is 321 g/mol. The first-order valence-electron chi connectivity index (χ1n) is 7.44. The summed E-state index contributed by atoms with van der Waals surface area (Å²) in [5, 5.41) is 3.86. The van der Waals surface area contributed by atoms with Gasteiger partial charge in [0.15, 0.2) is 0 Å². The molecule has 3 amide bonds. The van der Waals surface area contributed by atoms with Gasteiger partial charge in [-0.2, -0.15) is 5.10 Å². The molecule has 1 N–H and O–H groups in total. The Balaban J connectivity index is 1.70. The van der Waals surface area contributed by atoms with E-state index in [2.05, 4.69) is 10.5 Å². The van der Waals surface area contributed by atoms with Crippen LogP contribution in [0.1, 0.15) is 33.2 Å². The van der Waals surface area contributed by atoms with Crippen LogP contribution < -0.4 is 5.43 Å². The van der Waals surface area contributed by atoms with Crippen molar-refractivity contribution in [3.8, 4) is 0 Å². The van der Waals surface area contributed by atoms with Crippen LogP contribution in [-0.4, -0.2) is 34.9 Å². The van der Waals surface area contributed by atoms with E-state index in [4.69, 9.17) is 0 Å². The summed E-state index contributed by atoms with van der Waals surface area (Å²) in [5.41, 5.74) is 3.81. The number of rotatable bonds is 4. The van der Waals surface area contributed by atoms with Gasteiger partial charge in [-0.1, -0.05) is 42.5 Å². The molecule has 2 aromatic carbocycles. The van der Waals surface area contributed by atoms with Gasteiger partial charge in [0.1, 0.15) is 6.04 Å². The quantitative estimate of drug-likeness (QED) is 0.530. The van der Waals surface area contributed by atoms with E-state index in [0.29, 0.717) is 11.1 Å². The predicted molar refractivity (Wildman–Crippen MR) is 88.6 cm³/mol. The molecule has 1 atom stereocenters. The fourth-order valence-corrected chi connectivity index (χ4v) is 2.48. The summed E-state index contributed by atoms with van der Waals surface area (Å²) in [4.78, 5) is 37.8. The SMILES string of the molecule is C[C@@H](C(=O)N/N=C\c1ccccc1)N1C(=O)c2ccccc2C1=O. The van der Waals surface area contributed by atoms with Crippen LogP contribution >= 0.6 is 0 Å². The maximum Gasteiger partial charge on any atom is 0.263 e. The van der Waals surface area contributed by atoms with Crippen molar-refractivity contribution in [2.75, 3.05) is 0 Å². The lowest BCUT2D eigenvalue weighted by Gasteiger charge is -2.20. The third-order valence-corrected chi connectivity index (χ3v) is 3.78. The van der Waals surface area contributed by atoms with E-state index >= 15 is 0 Å². The van der Waals surface area contributed by atoms with Gasteiger partial charge < -0.3 is 0 Å². The number of hydrogen-bond donors (Lipinski definition) is 1. The van der Waals surface area contributed by atoms with Gasteiger partial charge in [-0.15, -0.1) is 0 Å². The van der Waals surface area contributed by atoms with Crippen molar-refractivity contribution in [2.45, 2.75) is 13.0 Å². The van der Waals surface area contributed by atoms with E-state index in [9.17, 15) is 14.4 Å². The summed E-state index contributed by atoms with van der Waals surface area (Å²) in [6, 6.07) is 14.8. The van der Waals surface area contributed by atoms with E-state index in [1.807, 2.05) is 30.3 Å². The molecular weight excluding hydrogens is 306 g/mol. The summed E-state index contributed by atoms with van der Waals surface area (Å²) >= 11 is 0. The minimum absolute atomic E-state index is 0.315. The van der Waals surface area contributed by atoms with Crippen molar-refractivity contribution in [1.82, 2.24) is 10.3 Å². The van der Waals surface area contributed by atoms with Crippen LogP contribution in [-0.2, 0) is 4.79 Å². The number of fused-ring (bicyclic) bond motifs is 1. The number of hydrazone groups is 1. The Kier molecular flexibility index (Phi) is 4.20. The number of carbonyl (C=O) groups is 3. The number of amides is 3. The third kappa shape index (κ3) is 2.81. The highest BCUT2D eigenvalue weighted by atomic mass is 16.2. The third-order valence-electron chi connectivity index (χ3n) is 3.78. The molecule has 0 saturated carbocycles. The van der Waals surface area contributed by atoms with E-state index in [0.717, 1.165) is 10.5 Å². The molecule has 0 saturated heterocycles. The molecule has 2 aromatic rings. The predicted octanol–water partition coefficient (Wildman–Crippen LogP) is 1.82. The zero-order valence-corrected chi connectivity index (χ0v) is 13.0. The number of hydrogen-bond acceptors (Lipinski definition) is 4. The molecule has 0 bridgehead atoms. The molecule has 0 aliphatic carbocycles. The second-order valence-electron chi connectivity index (χ2n) is 5.35. The molecule has 6 nitrogen and oxygen atoms in total. The molecule has 0 fully saturated rings. The molecular formula is C18H15N3O3. The van der Waals surface area contributed by atoms with E-state index in [1.165, 1.54) is 13.1 Å². The van der Waals surface area contributed by atoms with Crippen molar-refractivity contribution in [1.29, 1.82) is 0 Å². The largest absolute Gasteiger partial charge is 0.271 e. The lowest BCUT2D eigenvalue weighted by Crippen LogP contribution is -2.46. The fraction of sp³-hybridized carbons (Fsp3) is 0.111. The van der Waals surface area contributed by atoms with Crippen LogP contribution in [0.15, 0.2) is 59.7 Å². The van der Waals surface area contributed by atoms with Crippen molar-refractivity contribution >= 4 is 23.9 Å². The molecule has 120 valence electrons. The van der Waals surface area contributed by atoms with Gasteiger partial charge >= 0.3 is 0 Å². The molecule has 0 spiro atoms. The Morgan fingerprint density at radius 3 is 2.12 bits per heavy atom. The number of carbonyl (C=O) groups excluding carboxylic acids is 3. The number of nitrogens with zero attached hydrogens (tertiary/aromatic N) is 2. The molecule has 0 radical (unpaired) electrons. The highest BCUT2D eigenvalue weighted by Crippen LogP contribution is 2.24. The zero-order chi connectivity index (χ0) is 17.1. The zero-order valence-electron chi connectivity index (χ0n) is 13.0. The van der Waals surface area contributed by atoms with Crippen LogP contribution in [0, 0.1) is 0 Å². The normalized spacial score (nSPS) is 14.8. The average molecular weight is 321 g/mol. The Morgan fingerprint density at radius 1 is 1.00 bits per heavy atom. The van der Waals surface area contributed by atoms with Gasteiger partial charge in [-0.25, -0.2) is 5.43 Å². The first-order chi connectivity index (χ1) is 11.6. The first kappa shape index (κ1) is 15.6. The standard InChI is InChI=1S/C18H15N3O3/c1-12(16(22)20-19-11-13-7-3-2-4-8-13)21-17(23)14-9-5-6-10-15(14)18(21)24/h2-12H,1H3,(H,20,22)/b19-11-/t12-/m0/s1. The minimum Gasteiger partial charge on any atom is -0.271 e. The second-order valence-corrected chi connectivity index (χ2v) is 5.35. The fourth-order valence-electron chi connectivity index (χ4n) is 2.48. The highest BCUT2D eigenvalue weighted by Gasteiger charge is 2.40. The topological polar surface area (TPSA) is 78.8 Å². The summed E-state index contributed by atoms with van der Waals surface area (Å²) in [6.07, 6.45) is 1.49. The van der Waals surface area contributed by atoms with E-state index in [-0.39, 0.29) is 0 Å². The smallest absolute Gasteiger partial charge is 0.263 e. The van der Waals surface area contributed by atoms with Gasteiger partial charge in [-0.05, 0) is 24.6 Å². The van der Waals surface area contributed by atoms with Crippen molar-refractivity contribution in [3.05, 3.63) is 71.3 Å². The van der Waals surface area contributed by atoms with Gasteiger partial charge in [0.05, 0.1) is 17.3 Å². The summed E-state index contributed by atoms with van der Waals surface area (Å²) in [6.45, 7) is 1.50. The molecule has 24 heavy (non-hydrogen) atoms. The lowest BCUT2D eigenvalue weighted by atomic mass is 10.1. The number of nitrogens with one attached hydrogen (secondary N) is 1. The van der Waals surface area contributed by atoms with Crippen LogP contribution in [0.5, 0.6) is 0 Å². The van der Waals surface area contributed by atoms with Gasteiger partial charge in [-0.3, -0.25) is 19.3 Å². The molecule has 1 aliphatic heterocycles. The van der Waals surface area contributed by atoms with Crippen LogP contribution in [0.4, 0.5) is 0 Å². The van der Waals surface area contributed by atoms with Gasteiger partial charge in [0.25, 0.3) is 17.7 Å². The van der Waals surface area contributed by atoms with E-state index in [1.54, 1.807) is 24.3 Å². The van der Waals surface area contributed by atoms with Crippen molar-refractivity contribution < 1.29 is 14.4 Å². The molecule has 6 heteroatoms. The summed E-state index contributed by atoms with van der Waals surface area (Å²) in [5.74, 6) is -1.47. The van der Waals surface area contributed by atoms with Crippen LogP contribution in [0.3, 0.4) is 0 Å². The highest BCUT2D eigenvalue weighted by molar-refractivity contribution is 6.22. The van der Waals surface area contributed by atoms with Crippen LogP contribution in [0.25, 0.3) is 0 Å². The maximum atomic E-state index is 12.3. The van der Waals surface area contributed by atoms with Crippen molar-refractivity contribution in [2.24, 2.45) is 5.10 Å². The number of imide groups is 1. The second kappa shape index (κ2) is 6.45. The van der Waals surface area contributed by atoms with Crippen LogP contribution in [0.2, 0.25) is 0 Å². The maximum absolute atomic E-state index is 12.3. The number of benzene rings is 2. The first-order valence-corrected chi connectivity index (χ1v) is 7.44. The molecule has 0 unspecified atom stereocenters. The Labute approximate surface area is 138 Å². The lowest BCUT2D eigenvalue weighted by molar-refractivity contribution is -0.124.